The van der Waals surface area contributed by atoms with E-state index >= 15 is 0 Å². The van der Waals surface area contributed by atoms with E-state index in [0.29, 0.717) is 0 Å². The number of hydrogen-bond acceptors (Lipinski definition) is 10. The van der Waals surface area contributed by atoms with Crippen molar-refractivity contribution in [2.75, 3.05) is 46.2 Å². The minimum absolute atomic E-state index is 0.0493. The summed E-state index contributed by atoms with van der Waals surface area (Å²) in [6.07, 6.45) is 2.11. The summed E-state index contributed by atoms with van der Waals surface area (Å²) in [5.74, 6) is -6.42. The first-order valence-electron chi connectivity index (χ1n) is 13.7. The quantitative estimate of drug-likeness (QED) is 0.334. The highest BCUT2D eigenvalue weighted by molar-refractivity contribution is 6.24. The fraction of sp³-hybridized carbons (Fsp3) is 0.552. The Labute approximate surface area is 233 Å². The molecule has 216 valence electrons. The number of aromatic hydroxyl groups is 1. The third-order valence-electron chi connectivity index (χ3n) is 9.19. The minimum atomic E-state index is -2.64. The summed E-state index contributed by atoms with van der Waals surface area (Å²) in [5, 5.41) is 45.6. The van der Waals surface area contributed by atoms with Crippen molar-refractivity contribution >= 4 is 28.9 Å². The van der Waals surface area contributed by atoms with E-state index in [1.165, 1.54) is 4.90 Å². The lowest BCUT2D eigenvalue weighted by Gasteiger charge is -2.50. The minimum Gasteiger partial charge on any atom is -0.508 e. The monoisotopic (exact) mass is 554 g/mol. The van der Waals surface area contributed by atoms with E-state index < -0.39 is 58.0 Å². The molecule has 1 aliphatic heterocycles. The first-order valence-corrected chi connectivity index (χ1v) is 13.7. The Kier molecular flexibility index (Phi) is 6.75. The molecule has 1 aromatic carbocycles. The molecule has 1 saturated carbocycles. The number of likely N-dealkylation sites (N-methyl/N-ethyl adjacent to an activating group) is 1. The molecule has 0 aromatic heterocycles. The van der Waals surface area contributed by atoms with Crippen LogP contribution in [0.2, 0.25) is 0 Å². The normalized spacial score (nSPS) is 29.9. The number of nitrogens with zero attached hydrogens (tertiary/aromatic N) is 3. The Balaban J connectivity index is 1.75. The van der Waals surface area contributed by atoms with Gasteiger partial charge in [-0.05, 0) is 77.0 Å². The van der Waals surface area contributed by atoms with Crippen molar-refractivity contribution in [1.82, 2.24) is 9.80 Å². The fourth-order valence-electron chi connectivity index (χ4n) is 7.53. The summed E-state index contributed by atoms with van der Waals surface area (Å²) in [7, 11) is 7.15. The zero-order valence-corrected chi connectivity index (χ0v) is 23.6. The number of amides is 1. The van der Waals surface area contributed by atoms with E-state index in [-0.39, 0.29) is 35.8 Å². The van der Waals surface area contributed by atoms with Gasteiger partial charge >= 0.3 is 0 Å². The Bertz CT molecular complexity index is 1380. The van der Waals surface area contributed by atoms with Crippen LogP contribution in [-0.4, -0.2) is 101 Å². The molecule has 5 rings (SSSR count). The van der Waals surface area contributed by atoms with Gasteiger partial charge < -0.3 is 36.0 Å². The number of phenolic OH excluding ortho intramolecular Hbond substituents is 1. The molecule has 0 saturated heterocycles. The predicted molar refractivity (Wildman–Crippen MR) is 148 cm³/mol. The number of hydrogen-bond donors (Lipinski definition) is 5. The molecule has 5 atom stereocenters. The van der Waals surface area contributed by atoms with Gasteiger partial charge in [-0.25, -0.2) is 0 Å². The van der Waals surface area contributed by atoms with Gasteiger partial charge in [0.1, 0.15) is 22.8 Å². The Morgan fingerprint density at radius 3 is 2.40 bits per heavy atom. The number of aliphatic hydroxyl groups is 3. The van der Waals surface area contributed by atoms with Crippen LogP contribution in [0.3, 0.4) is 0 Å². The first kappa shape index (κ1) is 28.1. The van der Waals surface area contributed by atoms with Crippen molar-refractivity contribution in [3.63, 3.8) is 0 Å². The van der Waals surface area contributed by atoms with Crippen LogP contribution in [0.4, 0.5) is 5.69 Å². The molecule has 0 spiro atoms. The predicted octanol–water partition coefficient (Wildman–Crippen LogP) is 1.19. The van der Waals surface area contributed by atoms with E-state index in [1.807, 2.05) is 14.1 Å². The van der Waals surface area contributed by atoms with E-state index in [4.69, 9.17) is 5.73 Å². The lowest BCUT2D eigenvalue weighted by Crippen LogP contribution is -2.65. The van der Waals surface area contributed by atoms with E-state index in [2.05, 4.69) is 16.7 Å². The Morgan fingerprint density at radius 2 is 1.82 bits per heavy atom. The summed E-state index contributed by atoms with van der Waals surface area (Å²) in [6, 6.07) is 0.588. The summed E-state index contributed by atoms with van der Waals surface area (Å²) < 4.78 is 0. The lowest BCUT2D eigenvalue weighted by atomic mass is 9.57. The zero-order chi connectivity index (χ0) is 29.4. The van der Waals surface area contributed by atoms with Gasteiger partial charge in [0.2, 0.25) is 5.78 Å². The molecule has 11 heteroatoms. The number of aliphatic hydroxyl groups excluding tert-OH is 2. The van der Waals surface area contributed by atoms with Crippen molar-refractivity contribution in [1.29, 1.82) is 0 Å². The number of phenols is 1. The number of fused-ring (bicyclic) bond motifs is 5. The van der Waals surface area contributed by atoms with Crippen LogP contribution >= 0.6 is 0 Å². The molecule has 1 heterocycles. The maximum absolute atomic E-state index is 14.1. The van der Waals surface area contributed by atoms with Gasteiger partial charge in [0.15, 0.2) is 11.4 Å². The van der Waals surface area contributed by atoms with E-state index in [0.717, 1.165) is 42.7 Å². The van der Waals surface area contributed by atoms with Crippen LogP contribution in [0.1, 0.15) is 48.9 Å². The molecular weight excluding hydrogens is 516 g/mol. The number of Topliss-reactive ketones (excluding diaryl/α,β-unsaturated/α-hetero) is 2. The molecule has 1 amide bonds. The number of rotatable bonds is 5. The fourth-order valence-corrected chi connectivity index (χ4v) is 7.53. The van der Waals surface area contributed by atoms with Crippen molar-refractivity contribution in [3.05, 3.63) is 39.7 Å². The van der Waals surface area contributed by atoms with Crippen LogP contribution < -0.4 is 10.6 Å². The molecule has 6 N–H and O–H groups in total. The van der Waals surface area contributed by atoms with Crippen molar-refractivity contribution in [2.24, 2.45) is 17.6 Å². The molecule has 4 aliphatic rings. The second-order valence-corrected chi connectivity index (χ2v) is 11.9. The van der Waals surface area contributed by atoms with Crippen LogP contribution in [0.5, 0.6) is 5.75 Å². The third-order valence-corrected chi connectivity index (χ3v) is 9.19. The second kappa shape index (κ2) is 9.60. The molecule has 0 bridgehead atoms. The van der Waals surface area contributed by atoms with Crippen LogP contribution in [0.15, 0.2) is 23.0 Å². The Morgan fingerprint density at radius 1 is 1.15 bits per heavy atom. The molecular formula is C29H38N4O7. The molecule has 0 radical (unpaired) electrons. The number of primary amides is 1. The summed E-state index contributed by atoms with van der Waals surface area (Å²) in [5.41, 5.74) is 4.54. The molecule has 1 fully saturated rings. The van der Waals surface area contributed by atoms with Gasteiger partial charge in [-0.15, -0.1) is 0 Å². The van der Waals surface area contributed by atoms with Crippen LogP contribution in [0.25, 0.3) is 5.76 Å². The molecule has 3 aliphatic carbocycles. The van der Waals surface area contributed by atoms with Crippen molar-refractivity contribution in [3.8, 4) is 5.75 Å². The van der Waals surface area contributed by atoms with Crippen molar-refractivity contribution in [2.45, 2.75) is 50.3 Å². The van der Waals surface area contributed by atoms with Gasteiger partial charge in [-0.1, -0.05) is 6.92 Å². The number of carbonyl (C=O) groups is 3. The summed E-state index contributed by atoms with van der Waals surface area (Å²) in [4.78, 5) is 45.4. The van der Waals surface area contributed by atoms with Gasteiger partial charge in [0, 0.05) is 36.3 Å². The highest BCUT2D eigenvalue weighted by atomic mass is 16.3. The van der Waals surface area contributed by atoms with Gasteiger partial charge in [-0.2, -0.15) is 0 Å². The highest BCUT2D eigenvalue weighted by Crippen LogP contribution is 2.55. The van der Waals surface area contributed by atoms with Gasteiger partial charge in [-0.3, -0.25) is 19.3 Å². The number of anilines is 1. The molecule has 40 heavy (non-hydrogen) atoms. The lowest BCUT2D eigenvalue weighted by molar-refractivity contribution is -0.153. The second-order valence-electron chi connectivity index (χ2n) is 11.9. The standard InChI is InChI=1S/C29H38N4O7/c1-6-8-33-9-7-17(31(2)3)14-12-18(34)20-15(22(14)33)10-13-11-16-23(32(4)5)25(36)21(28(30)39)27(38)29(16,40)26(37)19(13)24(20)35/h12-13,16-17,23,34-35,38,40H,6-11H2,1-5H3,(H2,30,39)/t13-,16-,17?,23-,29+/m1/s1. The summed E-state index contributed by atoms with van der Waals surface area (Å²) in [6.45, 7) is 3.65. The zero-order valence-electron chi connectivity index (χ0n) is 23.6. The number of nitrogens with two attached hydrogens (primary N) is 1. The largest absolute Gasteiger partial charge is 0.508 e. The van der Waals surface area contributed by atoms with Crippen LogP contribution in [0, 0.1) is 11.8 Å². The maximum Gasteiger partial charge on any atom is 0.255 e. The topological polar surface area (TPSA) is 168 Å². The van der Waals surface area contributed by atoms with Crippen LogP contribution in [-0.2, 0) is 20.8 Å². The number of ketones is 2. The van der Waals surface area contributed by atoms with Crippen molar-refractivity contribution < 1.29 is 34.8 Å². The number of benzene rings is 1. The average Bonchev–Trinajstić information content (AvgIpc) is 2.85. The Hall–Kier alpha value is -3.41. The smallest absolute Gasteiger partial charge is 0.255 e. The third kappa shape index (κ3) is 3.71. The summed E-state index contributed by atoms with van der Waals surface area (Å²) >= 11 is 0. The first-order chi connectivity index (χ1) is 18.8. The van der Waals surface area contributed by atoms with E-state index in [9.17, 15) is 34.8 Å². The number of carbonyl (C=O) groups excluding carboxylic acids is 3. The van der Waals surface area contributed by atoms with Gasteiger partial charge in [0.05, 0.1) is 11.6 Å². The van der Waals surface area contributed by atoms with Gasteiger partial charge in [0.25, 0.3) is 5.91 Å². The molecule has 11 nitrogen and oxygen atoms in total. The maximum atomic E-state index is 14.1. The average molecular weight is 555 g/mol. The molecule has 1 aromatic rings. The highest BCUT2D eigenvalue weighted by Gasteiger charge is 2.64. The molecule has 1 unspecified atom stereocenters. The SMILES string of the molecule is CCCN1CCC(N(C)C)c2cc(O)c3c(c21)C[C@@H]1C[C@@H]2[C@@H](N(C)C)C(=O)C(C(N)=O)=C(O)[C@@]2(O)C(=O)C1=C3O. The van der Waals surface area contributed by atoms with E-state index in [1.54, 1.807) is 20.2 Å².